The number of nitrogens with zero attached hydrogens (tertiary/aromatic N) is 6. The molecule has 0 spiro atoms. The van der Waals surface area contributed by atoms with E-state index in [9.17, 15) is 0 Å². The summed E-state index contributed by atoms with van der Waals surface area (Å²) in [6.45, 7) is 1.98. The molecule has 1 aliphatic carbocycles. The fraction of sp³-hybridized carbons (Fsp3) is 0.400. The van der Waals surface area contributed by atoms with Gasteiger partial charge < -0.3 is 16.0 Å². The predicted molar refractivity (Wildman–Crippen MR) is 108 cm³/mol. The third-order valence-corrected chi connectivity index (χ3v) is 6.00. The zero-order chi connectivity index (χ0) is 19.5. The molecular weight excluding hydrogens is 352 g/mol. The van der Waals surface area contributed by atoms with Gasteiger partial charge in [0.25, 0.3) is 0 Å². The second kappa shape index (κ2) is 6.08. The molecule has 1 saturated carbocycles. The van der Waals surface area contributed by atoms with Gasteiger partial charge in [0.05, 0.1) is 22.9 Å². The SMILES string of the molecule is Cc1nc2ccc(-c3ccn4nc(C5(N)CCC(N)CC5)ncc34)nc2n1C. The van der Waals surface area contributed by atoms with Gasteiger partial charge in [-0.3, -0.25) is 0 Å². The summed E-state index contributed by atoms with van der Waals surface area (Å²) in [6.07, 6.45) is 7.22. The lowest BCUT2D eigenvalue weighted by atomic mass is 9.80. The molecule has 0 bridgehead atoms. The van der Waals surface area contributed by atoms with E-state index in [0.29, 0.717) is 5.82 Å². The van der Waals surface area contributed by atoms with Gasteiger partial charge in [0.15, 0.2) is 11.5 Å². The van der Waals surface area contributed by atoms with E-state index >= 15 is 0 Å². The topological polar surface area (TPSA) is 113 Å². The molecule has 0 radical (unpaired) electrons. The average Bonchev–Trinajstić information content (AvgIpc) is 3.25. The van der Waals surface area contributed by atoms with Crippen molar-refractivity contribution < 1.29 is 0 Å². The molecule has 4 aromatic rings. The lowest BCUT2D eigenvalue weighted by Gasteiger charge is -2.34. The smallest absolute Gasteiger partial charge is 0.169 e. The highest BCUT2D eigenvalue weighted by Gasteiger charge is 2.35. The molecule has 0 saturated heterocycles. The summed E-state index contributed by atoms with van der Waals surface area (Å²) in [5, 5.41) is 4.72. The molecule has 8 heteroatoms. The molecular formula is C20H24N8. The Balaban J connectivity index is 1.56. The second-order valence-electron chi connectivity index (χ2n) is 7.89. The number of aromatic nitrogens is 6. The maximum atomic E-state index is 6.62. The van der Waals surface area contributed by atoms with Gasteiger partial charge in [-0.2, -0.15) is 5.10 Å². The van der Waals surface area contributed by atoms with Crippen LogP contribution in [-0.4, -0.2) is 35.2 Å². The van der Waals surface area contributed by atoms with Gasteiger partial charge in [0.2, 0.25) is 0 Å². The monoisotopic (exact) mass is 376 g/mol. The summed E-state index contributed by atoms with van der Waals surface area (Å²) in [5.74, 6) is 1.62. The third-order valence-electron chi connectivity index (χ3n) is 6.00. The number of fused-ring (bicyclic) bond motifs is 2. The van der Waals surface area contributed by atoms with E-state index < -0.39 is 5.54 Å². The summed E-state index contributed by atoms with van der Waals surface area (Å²) in [5.41, 5.74) is 16.7. The summed E-state index contributed by atoms with van der Waals surface area (Å²) in [4.78, 5) is 14.0. The first-order valence-corrected chi connectivity index (χ1v) is 9.64. The van der Waals surface area contributed by atoms with Gasteiger partial charge in [0.1, 0.15) is 11.3 Å². The number of hydrogen-bond donors (Lipinski definition) is 2. The highest BCUT2D eigenvalue weighted by molar-refractivity contribution is 5.82. The van der Waals surface area contributed by atoms with E-state index in [-0.39, 0.29) is 6.04 Å². The number of nitrogens with two attached hydrogens (primary N) is 2. The van der Waals surface area contributed by atoms with Crippen molar-refractivity contribution >= 4 is 16.7 Å². The van der Waals surface area contributed by atoms with Crippen molar-refractivity contribution in [3.05, 3.63) is 42.2 Å². The maximum absolute atomic E-state index is 6.62. The number of aryl methyl sites for hydroxylation is 2. The Bertz CT molecular complexity index is 1180. The lowest BCUT2D eigenvalue weighted by Crippen LogP contribution is -2.45. The summed E-state index contributed by atoms with van der Waals surface area (Å²) in [6, 6.07) is 6.25. The molecule has 4 heterocycles. The van der Waals surface area contributed by atoms with Crippen LogP contribution in [0.3, 0.4) is 0 Å². The lowest BCUT2D eigenvalue weighted by molar-refractivity contribution is 0.262. The normalized spacial score (nSPS) is 22.9. The van der Waals surface area contributed by atoms with Gasteiger partial charge in [0, 0.05) is 24.8 Å². The van der Waals surface area contributed by atoms with E-state index in [1.54, 1.807) is 0 Å². The molecule has 4 N–H and O–H groups in total. The number of imidazole rings is 1. The van der Waals surface area contributed by atoms with Crippen LogP contribution in [0.5, 0.6) is 0 Å². The molecule has 5 rings (SSSR count). The zero-order valence-electron chi connectivity index (χ0n) is 16.1. The molecule has 144 valence electrons. The van der Waals surface area contributed by atoms with Gasteiger partial charge in [-0.15, -0.1) is 0 Å². The maximum Gasteiger partial charge on any atom is 0.169 e. The van der Waals surface area contributed by atoms with Crippen LogP contribution < -0.4 is 11.5 Å². The van der Waals surface area contributed by atoms with Gasteiger partial charge in [-0.05, 0) is 50.8 Å². The third kappa shape index (κ3) is 2.60. The summed E-state index contributed by atoms with van der Waals surface area (Å²) < 4.78 is 3.85. The van der Waals surface area contributed by atoms with E-state index in [4.69, 9.17) is 21.5 Å². The highest BCUT2D eigenvalue weighted by atomic mass is 15.3. The molecule has 8 nitrogen and oxygen atoms in total. The fourth-order valence-corrected chi connectivity index (χ4v) is 4.05. The van der Waals surface area contributed by atoms with E-state index in [1.165, 1.54) is 0 Å². The molecule has 4 aromatic heterocycles. The van der Waals surface area contributed by atoms with Crippen molar-refractivity contribution in [3.8, 4) is 11.3 Å². The molecule has 1 fully saturated rings. The van der Waals surface area contributed by atoms with Crippen molar-refractivity contribution in [2.75, 3.05) is 0 Å². The molecule has 0 aliphatic heterocycles. The number of hydrogen-bond acceptors (Lipinski definition) is 6. The number of pyridine rings is 1. The standard InChI is InChI=1S/C20H24N8/c1-12-24-16-4-3-15(25-18(16)27(12)2)14-7-10-28-17(14)11-23-19(26-28)20(22)8-5-13(21)6-9-20/h3-4,7,10-11,13H,5-6,8-9,21-22H2,1-2H3. The fourth-order valence-electron chi connectivity index (χ4n) is 4.05. The molecule has 28 heavy (non-hydrogen) atoms. The van der Waals surface area contributed by atoms with Gasteiger partial charge in [-0.25, -0.2) is 19.5 Å². The van der Waals surface area contributed by atoms with Crippen molar-refractivity contribution in [1.82, 2.24) is 29.1 Å². The number of rotatable bonds is 2. The van der Waals surface area contributed by atoms with Crippen LogP contribution in [0.4, 0.5) is 0 Å². The minimum Gasteiger partial charge on any atom is -0.328 e. The van der Waals surface area contributed by atoms with Crippen molar-refractivity contribution in [2.45, 2.75) is 44.2 Å². The van der Waals surface area contributed by atoms with Crippen LogP contribution in [-0.2, 0) is 12.6 Å². The Morgan fingerprint density at radius 2 is 1.93 bits per heavy atom. The Hall–Kier alpha value is -2.84. The van der Waals surface area contributed by atoms with Crippen LogP contribution >= 0.6 is 0 Å². The second-order valence-corrected chi connectivity index (χ2v) is 7.89. The van der Waals surface area contributed by atoms with E-state index in [2.05, 4.69) is 9.97 Å². The first-order valence-electron chi connectivity index (χ1n) is 9.64. The molecule has 0 amide bonds. The Morgan fingerprint density at radius 1 is 1.14 bits per heavy atom. The molecule has 0 unspecified atom stereocenters. The first kappa shape index (κ1) is 17.3. The minimum atomic E-state index is -0.502. The highest BCUT2D eigenvalue weighted by Crippen LogP contribution is 2.33. The van der Waals surface area contributed by atoms with Gasteiger partial charge >= 0.3 is 0 Å². The van der Waals surface area contributed by atoms with Crippen LogP contribution in [0.2, 0.25) is 0 Å². The molecule has 0 aromatic carbocycles. The van der Waals surface area contributed by atoms with Crippen molar-refractivity contribution in [2.24, 2.45) is 18.5 Å². The minimum absolute atomic E-state index is 0.232. The van der Waals surface area contributed by atoms with Crippen LogP contribution in [0.25, 0.3) is 27.9 Å². The van der Waals surface area contributed by atoms with Crippen LogP contribution in [0.15, 0.2) is 30.6 Å². The van der Waals surface area contributed by atoms with Crippen molar-refractivity contribution in [1.29, 1.82) is 0 Å². The Morgan fingerprint density at radius 3 is 2.71 bits per heavy atom. The summed E-state index contributed by atoms with van der Waals surface area (Å²) >= 11 is 0. The average molecular weight is 376 g/mol. The summed E-state index contributed by atoms with van der Waals surface area (Å²) in [7, 11) is 1.98. The van der Waals surface area contributed by atoms with Crippen molar-refractivity contribution in [3.63, 3.8) is 0 Å². The zero-order valence-corrected chi connectivity index (χ0v) is 16.1. The quantitative estimate of drug-likeness (QED) is 0.553. The molecule has 1 aliphatic rings. The molecule has 0 atom stereocenters. The van der Waals surface area contributed by atoms with Crippen LogP contribution in [0.1, 0.15) is 37.3 Å². The first-order chi connectivity index (χ1) is 13.4. The van der Waals surface area contributed by atoms with Crippen LogP contribution in [0, 0.1) is 6.92 Å². The largest absolute Gasteiger partial charge is 0.328 e. The Kier molecular flexibility index (Phi) is 3.75. The van der Waals surface area contributed by atoms with E-state index in [1.807, 2.05) is 53.6 Å². The predicted octanol–water partition coefficient (Wildman–Crippen LogP) is 2.04. The van der Waals surface area contributed by atoms with Gasteiger partial charge in [-0.1, -0.05) is 0 Å². The Labute approximate surface area is 162 Å². The van der Waals surface area contributed by atoms with E-state index in [0.717, 1.165) is 59.4 Å².